The molecule has 1 aromatic carbocycles. The number of hydrogen-bond acceptors (Lipinski definition) is 2. The molecule has 2 nitrogen and oxygen atoms in total. The van der Waals surface area contributed by atoms with Crippen molar-refractivity contribution in [1.29, 1.82) is 0 Å². The minimum absolute atomic E-state index is 0.0329. The van der Waals surface area contributed by atoms with Crippen LogP contribution < -0.4 is 5.46 Å². The van der Waals surface area contributed by atoms with Gasteiger partial charge in [-0.05, 0) is 45.2 Å². The Morgan fingerprint density at radius 3 is 2.31 bits per heavy atom. The minimum atomic E-state index is -0.874. The van der Waals surface area contributed by atoms with Gasteiger partial charge in [-0.15, -0.1) is 0 Å². The third-order valence-corrected chi connectivity index (χ3v) is 3.50. The van der Waals surface area contributed by atoms with Gasteiger partial charge in [0, 0.05) is 4.47 Å². The van der Waals surface area contributed by atoms with Gasteiger partial charge in [0.1, 0.15) is 0 Å². The smallest absolute Gasteiger partial charge is 0.399 e. The van der Waals surface area contributed by atoms with E-state index in [9.17, 15) is 0 Å². The van der Waals surface area contributed by atoms with Gasteiger partial charge in [-0.25, -0.2) is 0 Å². The molecule has 1 heterocycles. The number of halogens is 1. The van der Waals surface area contributed by atoms with Crippen LogP contribution in [0.2, 0.25) is 0 Å². The zero-order chi connectivity index (χ0) is 15.5. The molecule has 0 atom stereocenters. The fourth-order valence-corrected chi connectivity index (χ4v) is 1.73. The summed E-state index contributed by atoms with van der Waals surface area (Å²) in [6.45, 7) is 7.54. The molecule has 0 aromatic heterocycles. The van der Waals surface area contributed by atoms with E-state index in [0.29, 0.717) is 0 Å². The molecule has 1 saturated heterocycles. The van der Waals surface area contributed by atoms with E-state index in [-0.39, 0.29) is 34.1 Å². The molecule has 0 saturated carbocycles. The summed E-state index contributed by atoms with van der Waals surface area (Å²) >= 11 is 3.13. The molecule has 0 radical (unpaired) electrons. The first kappa shape index (κ1) is 7.91. The van der Waals surface area contributed by atoms with E-state index < -0.39 is 18.3 Å². The highest BCUT2D eigenvalue weighted by Gasteiger charge is 2.51. The monoisotopic (exact) mass is 286 g/mol. The molecule has 0 unspecified atom stereocenters. The highest BCUT2D eigenvalue weighted by molar-refractivity contribution is 9.10. The Morgan fingerprint density at radius 1 is 1.19 bits per heavy atom. The fourth-order valence-electron chi connectivity index (χ4n) is 1.41. The maximum absolute atomic E-state index is 8.07. The Hall–Kier alpha value is -0.315. The van der Waals surface area contributed by atoms with E-state index in [0.717, 1.165) is 0 Å². The summed E-state index contributed by atoms with van der Waals surface area (Å²) in [5, 5.41) is 0. The van der Waals surface area contributed by atoms with Crippen molar-refractivity contribution in [3.63, 3.8) is 0 Å². The van der Waals surface area contributed by atoms with E-state index in [1.165, 1.54) is 0 Å². The van der Waals surface area contributed by atoms with Crippen LogP contribution >= 0.6 is 15.9 Å². The maximum Gasteiger partial charge on any atom is 0.494 e. The van der Waals surface area contributed by atoms with Gasteiger partial charge >= 0.3 is 7.12 Å². The number of rotatable bonds is 1. The third-order valence-electron chi connectivity index (χ3n) is 3.10. The molecule has 1 aliphatic rings. The zero-order valence-corrected chi connectivity index (χ0v) is 11.4. The Labute approximate surface area is 111 Å². The van der Waals surface area contributed by atoms with Gasteiger partial charge < -0.3 is 9.31 Å². The molecule has 2 rings (SSSR count). The summed E-state index contributed by atoms with van der Waals surface area (Å²) < 4.78 is 43.4. The third kappa shape index (κ3) is 2.06. The van der Waals surface area contributed by atoms with Crippen LogP contribution in [0.5, 0.6) is 0 Å². The van der Waals surface area contributed by atoms with E-state index in [2.05, 4.69) is 15.9 Å². The molecular weight excluding hydrogens is 267 g/mol. The Kier molecular flexibility index (Phi) is 1.91. The van der Waals surface area contributed by atoms with Crippen molar-refractivity contribution >= 4 is 28.5 Å². The largest absolute Gasteiger partial charge is 0.494 e. The van der Waals surface area contributed by atoms with Crippen molar-refractivity contribution in [2.45, 2.75) is 38.9 Å². The second-order valence-electron chi connectivity index (χ2n) is 4.82. The molecule has 4 heteroatoms. The molecule has 0 N–H and O–H groups in total. The van der Waals surface area contributed by atoms with Crippen molar-refractivity contribution in [3.8, 4) is 0 Å². The molecule has 86 valence electrons. The van der Waals surface area contributed by atoms with E-state index >= 15 is 0 Å². The lowest BCUT2D eigenvalue weighted by Crippen LogP contribution is -2.41. The Morgan fingerprint density at radius 2 is 1.75 bits per heavy atom. The van der Waals surface area contributed by atoms with E-state index in [1.807, 2.05) is 27.7 Å². The number of hydrogen-bond donors (Lipinski definition) is 0. The lowest BCUT2D eigenvalue weighted by Gasteiger charge is -2.32. The first-order valence-electron chi connectivity index (χ1n) is 7.11. The van der Waals surface area contributed by atoms with E-state index in [4.69, 9.17) is 14.8 Å². The summed E-state index contributed by atoms with van der Waals surface area (Å²) in [4.78, 5) is 0. The number of benzene rings is 1. The van der Waals surface area contributed by atoms with Crippen molar-refractivity contribution in [2.24, 2.45) is 0 Å². The van der Waals surface area contributed by atoms with Crippen molar-refractivity contribution in [2.75, 3.05) is 0 Å². The molecule has 1 aromatic rings. The van der Waals surface area contributed by atoms with Crippen LogP contribution in [0.1, 0.15) is 33.2 Å². The first-order chi connectivity index (χ1) is 8.99. The SMILES string of the molecule is [2H]c1c([2H])c(Br)c([2H])c(B2OC(C)(C)C(C)(C)O2)c1[2H]. The van der Waals surface area contributed by atoms with Gasteiger partial charge in [0.15, 0.2) is 0 Å². The molecule has 0 aliphatic carbocycles. The van der Waals surface area contributed by atoms with Crippen LogP contribution in [-0.4, -0.2) is 18.3 Å². The van der Waals surface area contributed by atoms with Gasteiger partial charge in [-0.2, -0.15) is 0 Å². The van der Waals surface area contributed by atoms with Gasteiger partial charge in [-0.1, -0.05) is 28.0 Å². The molecule has 0 bridgehead atoms. The lowest BCUT2D eigenvalue weighted by molar-refractivity contribution is 0.00578. The summed E-state index contributed by atoms with van der Waals surface area (Å²) in [6, 6.07) is -0.631. The molecule has 0 amide bonds. The Balaban J connectivity index is 2.57. The van der Waals surface area contributed by atoms with Gasteiger partial charge in [0.05, 0.1) is 16.7 Å². The van der Waals surface area contributed by atoms with Gasteiger partial charge in [-0.3, -0.25) is 0 Å². The van der Waals surface area contributed by atoms with E-state index in [1.54, 1.807) is 0 Å². The van der Waals surface area contributed by atoms with Gasteiger partial charge in [0.2, 0.25) is 0 Å². The van der Waals surface area contributed by atoms with Gasteiger partial charge in [0.25, 0.3) is 0 Å². The van der Waals surface area contributed by atoms with Crippen molar-refractivity contribution in [1.82, 2.24) is 0 Å². The standard InChI is InChI=1S/C12H16BBrO2/c1-11(2)12(3,4)16-13(15-11)9-6-5-7-10(14)8-9/h5-8H,1-4H3/i5D,6D,7D,8D. The summed E-state index contributed by atoms with van der Waals surface area (Å²) in [7, 11) is -0.874. The molecule has 0 spiro atoms. The maximum atomic E-state index is 8.07. The van der Waals surface area contributed by atoms with Crippen LogP contribution in [-0.2, 0) is 9.31 Å². The zero-order valence-electron chi connectivity index (χ0n) is 13.8. The molecule has 1 aliphatic heterocycles. The molecule has 16 heavy (non-hydrogen) atoms. The average Bonchev–Trinajstić information content (AvgIpc) is 2.53. The first-order valence-corrected chi connectivity index (χ1v) is 5.90. The molecular formula is C12H16BBrO2. The predicted molar refractivity (Wildman–Crippen MR) is 69.9 cm³/mol. The van der Waals surface area contributed by atoms with Crippen LogP contribution in [0.25, 0.3) is 0 Å². The lowest BCUT2D eigenvalue weighted by atomic mass is 9.79. The fraction of sp³-hybridized carbons (Fsp3) is 0.500. The minimum Gasteiger partial charge on any atom is -0.399 e. The second kappa shape index (κ2) is 3.86. The second-order valence-corrected chi connectivity index (χ2v) is 5.61. The highest BCUT2D eigenvalue weighted by Crippen LogP contribution is 2.36. The van der Waals surface area contributed by atoms with Crippen LogP contribution in [0.4, 0.5) is 0 Å². The highest BCUT2D eigenvalue weighted by atomic mass is 79.9. The predicted octanol–water partition coefficient (Wildman–Crippen LogP) is 2.75. The van der Waals surface area contributed by atoms with Crippen molar-refractivity contribution in [3.05, 3.63) is 28.6 Å². The Bertz CT molecular complexity index is 532. The average molecular weight is 287 g/mol. The van der Waals surface area contributed by atoms with Crippen LogP contribution in [0.15, 0.2) is 28.6 Å². The summed E-state index contributed by atoms with van der Waals surface area (Å²) in [5.41, 5.74) is -0.966. The van der Waals surface area contributed by atoms with Crippen molar-refractivity contribution < 1.29 is 14.8 Å². The van der Waals surface area contributed by atoms with Crippen LogP contribution in [0, 0.1) is 0 Å². The normalized spacial score (nSPS) is 25.9. The summed E-state index contributed by atoms with van der Waals surface area (Å²) in [5.74, 6) is 0. The summed E-state index contributed by atoms with van der Waals surface area (Å²) in [6.07, 6.45) is 0. The van der Waals surface area contributed by atoms with Crippen LogP contribution in [0.3, 0.4) is 0 Å². The topological polar surface area (TPSA) is 18.5 Å². The quantitative estimate of drug-likeness (QED) is 0.739. The molecule has 1 fully saturated rings.